The molecular weight excluding hydrogens is 389 g/mol. The molecule has 0 spiro atoms. The molecule has 2 aromatic rings. The van der Waals surface area contributed by atoms with E-state index in [2.05, 4.69) is 20.9 Å². The molecule has 0 aliphatic rings. The maximum atomic E-state index is 13.3. The summed E-state index contributed by atoms with van der Waals surface area (Å²) in [5, 5.41) is 9.25. The second-order valence-electron chi connectivity index (χ2n) is 4.66. The number of aldehydes is 1. The lowest BCUT2D eigenvalue weighted by molar-refractivity contribution is 0.112. The SMILES string of the molecule is N=C/C(Cn1ccnc1-c1ccc(F)cc1C=O)=C(/Br)NC(F)F. The van der Waals surface area contributed by atoms with Crippen LogP contribution in [0.5, 0.6) is 0 Å². The van der Waals surface area contributed by atoms with E-state index in [1.165, 1.54) is 18.3 Å². The van der Waals surface area contributed by atoms with Crippen LogP contribution in [0.4, 0.5) is 13.2 Å². The van der Waals surface area contributed by atoms with E-state index in [0.29, 0.717) is 17.7 Å². The molecule has 1 heterocycles. The molecule has 0 radical (unpaired) electrons. The van der Waals surface area contributed by atoms with E-state index in [1.807, 2.05) is 5.32 Å². The van der Waals surface area contributed by atoms with Gasteiger partial charge in [-0.25, -0.2) is 9.37 Å². The van der Waals surface area contributed by atoms with E-state index in [9.17, 15) is 18.0 Å². The van der Waals surface area contributed by atoms with E-state index in [4.69, 9.17) is 5.41 Å². The Hall–Kier alpha value is -2.42. The Morgan fingerprint density at radius 1 is 1.46 bits per heavy atom. The molecule has 0 unspecified atom stereocenters. The average molecular weight is 401 g/mol. The van der Waals surface area contributed by atoms with Crippen molar-refractivity contribution < 1.29 is 18.0 Å². The summed E-state index contributed by atoms with van der Waals surface area (Å²) in [6.45, 7) is -2.73. The van der Waals surface area contributed by atoms with Crippen molar-refractivity contribution in [3.63, 3.8) is 0 Å². The number of carbonyl (C=O) groups excluding carboxylic acids is 1. The summed E-state index contributed by atoms with van der Waals surface area (Å²) < 4.78 is 39.6. The van der Waals surface area contributed by atoms with Crippen LogP contribution in [0.15, 0.2) is 40.8 Å². The van der Waals surface area contributed by atoms with Gasteiger partial charge < -0.3 is 15.3 Å². The first-order chi connectivity index (χ1) is 11.5. The first-order valence-electron chi connectivity index (χ1n) is 6.66. The van der Waals surface area contributed by atoms with Crippen LogP contribution in [-0.2, 0) is 6.54 Å². The standard InChI is InChI=1S/C15H12BrF3N4O/c16-13(22-15(18)19)10(6-20)7-23-4-3-21-14(23)12-2-1-11(17)5-9(12)8-24/h1-6,8,15,20,22H,7H2/b13-10+,20-6?. The van der Waals surface area contributed by atoms with Crippen molar-refractivity contribution in [3.05, 3.63) is 52.2 Å². The Bertz CT molecular complexity index is 789. The Morgan fingerprint density at radius 3 is 2.83 bits per heavy atom. The molecule has 2 N–H and O–H groups in total. The van der Waals surface area contributed by atoms with Gasteiger partial charge in [0, 0.05) is 35.3 Å². The van der Waals surface area contributed by atoms with Gasteiger partial charge in [0.15, 0.2) is 6.29 Å². The Labute approximate surface area is 143 Å². The zero-order valence-electron chi connectivity index (χ0n) is 12.1. The second kappa shape index (κ2) is 7.91. The molecule has 24 heavy (non-hydrogen) atoms. The first-order valence-corrected chi connectivity index (χ1v) is 7.45. The minimum absolute atomic E-state index is 0.0260. The van der Waals surface area contributed by atoms with Crippen LogP contribution >= 0.6 is 15.9 Å². The number of nitrogens with one attached hydrogen (secondary N) is 2. The zero-order chi connectivity index (χ0) is 17.7. The monoisotopic (exact) mass is 400 g/mol. The van der Waals surface area contributed by atoms with Crippen LogP contribution in [0.3, 0.4) is 0 Å². The first kappa shape index (κ1) is 17.9. The second-order valence-corrected chi connectivity index (χ2v) is 5.45. The smallest absolute Gasteiger partial charge is 0.313 e. The summed E-state index contributed by atoms with van der Waals surface area (Å²) in [5.41, 5.74) is 0.760. The van der Waals surface area contributed by atoms with Crippen LogP contribution in [0.2, 0.25) is 0 Å². The molecule has 0 fully saturated rings. The molecule has 0 atom stereocenters. The summed E-state index contributed by atoms with van der Waals surface area (Å²) in [6.07, 6.45) is 4.47. The Kier molecular flexibility index (Phi) is 5.91. The molecular formula is C15H12BrF3N4O. The van der Waals surface area contributed by atoms with Gasteiger partial charge >= 0.3 is 6.55 Å². The topological polar surface area (TPSA) is 70.8 Å². The number of nitrogens with zero attached hydrogens (tertiary/aromatic N) is 2. The zero-order valence-corrected chi connectivity index (χ0v) is 13.7. The predicted octanol–water partition coefficient (Wildman–Crippen LogP) is 3.57. The van der Waals surface area contributed by atoms with Crippen molar-refractivity contribution in [1.29, 1.82) is 5.41 Å². The largest absolute Gasteiger partial charge is 0.326 e. The lowest BCUT2D eigenvalue weighted by Crippen LogP contribution is -2.19. The fourth-order valence-electron chi connectivity index (χ4n) is 2.07. The number of rotatable bonds is 7. The number of carbonyl (C=O) groups is 1. The van der Waals surface area contributed by atoms with Gasteiger partial charge in [0.25, 0.3) is 0 Å². The summed E-state index contributed by atoms with van der Waals surface area (Å²) >= 11 is 2.97. The summed E-state index contributed by atoms with van der Waals surface area (Å²) in [5.74, 6) is -0.197. The van der Waals surface area contributed by atoms with Gasteiger partial charge in [0.1, 0.15) is 11.6 Å². The summed E-state index contributed by atoms with van der Waals surface area (Å²) in [4.78, 5) is 15.3. The molecule has 0 bridgehead atoms. The van der Waals surface area contributed by atoms with Gasteiger partial charge in [-0.2, -0.15) is 8.78 Å². The summed E-state index contributed by atoms with van der Waals surface area (Å²) in [7, 11) is 0. The third-order valence-corrected chi connectivity index (χ3v) is 3.87. The number of hydrogen-bond donors (Lipinski definition) is 2. The molecule has 9 heteroatoms. The minimum atomic E-state index is -2.78. The predicted molar refractivity (Wildman–Crippen MR) is 86.9 cm³/mol. The number of aromatic nitrogens is 2. The molecule has 0 aliphatic carbocycles. The van der Waals surface area contributed by atoms with E-state index in [1.54, 1.807) is 10.8 Å². The van der Waals surface area contributed by atoms with E-state index < -0.39 is 12.4 Å². The normalized spacial score (nSPS) is 12.0. The number of imidazole rings is 1. The Balaban J connectivity index is 2.41. The number of allylic oxidation sites excluding steroid dienone is 1. The molecule has 2 rings (SSSR count). The minimum Gasteiger partial charge on any atom is -0.326 e. The molecule has 126 valence electrons. The maximum absolute atomic E-state index is 13.3. The molecule has 1 aromatic carbocycles. The molecule has 0 aliphatic heterocycles. The van der Waals surface area contributed by atoms with Crippen LogP contribution in [0, 0.1) is 11.2 Å². The molecule has 0 amide bonds. The van der Waals surface area contributed by atoms with E-state index >= 15 is 0 Å². The van der Waals surface area contributed by atoms with Gasteiger partial charge in [-0.3, -0.25) is 4.79 Å². The molecule has 0 saturated carbocycles. The van der Waals surface area contributed by atoms with Crippen LogP contribution in [0.25, 0.3) is 11.4 Å². The fraction of sp³-hybridized carbons (Fsp3) is 0.133. The van der Waals surface area contributed by atoms with E-state index in [-0.39, 0.29) is 22.3 Å². The lowest BCUT2D eigenvalue weighted by atomic mass is 10.1. The van der Waals surface area contributed by atoms with E-state index in [0.717, 1.165) is 12.3 Å². The number of halogens is 4. The third kappa shape index (κ3) is 4.10. The van der Waals surface area contributed by atoms with Gasteiger partial charge in [0.05, 0.1) is 11.2 Å². The summed E-state index contributed by atoms with van der Waals surface area (Å²) in [6, 6.07) is 3.70. The van der Waals surface area contributed by atoms with Crippen LogP contribution in [-0.4, -0.2) is 28.6 Å². The van der Waals surface area contributed by atoms with Crippen molar-refractivity contribution in [1.82, 2.24) is 14.9 Å². The quantitative estimate of drug-likeness (QED) is 0.424. The maximum Gasteiger partial charge on any atom is 0.313 e. The fourth-order valence-corrected chi connectivity index (χ4v) is 2.48. The average Bonchev–Trinajstić information content (AvgIpc) is 2.99. The highest BCUT2D eigenvalue weighted by Gasteiger charge is 2.14. The van der Waals surface area contributed by atoms with Crippen molar-refractivity contribution in [2.45, 2.75) is 13.1 Å². The highest BCUT2D eigenvalue weighted by Crippen LogP contribution is 2.23. The molecule has 0 saturated heterocycles. The van der Waals surface area contributed by atoms with Crippen molar-refractivity contribution in [2.24, 2.45) is 0 Å². The van der Waals surface area contributed by atoms with Crippen LogP contribution < -0.4 is 5.32 Å². The highest BCUT2D eigenvalue weighted by molar-refractivity contribution is 9.11. The number of alkyl halides is 2. The van der Waals surface area contributed by atoms with Crippen molar-refractivity contribution in [2.75, 3.05) is 0 Å². The Morgan fingerprint density at radius 2 is 2.21 bits per heavy atom. The lowest BCUT2D eigenvalue weighted by Gasteiger charge is -2.12. The number of benzene rings is 1. The van der Waals surface area contributed by atoms with Crippen molar-refractivity contribution in [3.8, 4) is 11.4 Å². The van der Waals surface area contributed by atoms with Gasteiger partial charge in [-0.05, 0) is 34.1 Å². The van der Waals surface area contributed by atoms with Gasteiger partial charge in [-0.1, -0.05) is 0 Å². The molecule has 5 nitrogen and oxygen atoms in total. The number of hydrogen-bond acceptors (Lipinski definition) is 4. The molecule has 1 aromatic heterocycles. The van der Waals surface area contributed by atoms with Gasteiger partial charge in [0.2, 0.25) is 0 Å². The third-order valence-electron chi connectivity index (χ3n) is 3.13. The van der Waals surface area contributed by atoms with Crippen molar-refractivity contribution >= 4 is 28.4 Å². The van der Waals surface area contributed by atoms with Gasteiger partial charge in [-0.15, -0.1) is 0 Å². The van der Waals surface area contributed by atoms with Crippen LogP contribution in [0.1, 0.15) is 10.4 Å². The highest BCUT2D eigenvalue weighted by atomic mass is 79.9.